The number of carbonyl (C=O) groups is 1. The Morgan fingerprint density at radius 1 is 1.06 bits per heavy atom. The van der Waals surface area contributed by atoms with Crippen molar-refractivity contribution in [2.24, 2.45) is 5.92 Å². The molecule has 1 aromatic carbocycles. The maximum atomic E-state index is 13.5. The van der Waals surface area contributed by atoms with Crippen LogP contribution in [0.25, 0.3) is 0 Å². The Bertz CT molecular complexity index is 2010. The molecule has 0 N–H and O–H groups in total. The maximum absolute atomic E-state index is 13.5. The summed E-state index contributed by atoms with van der Waals surface area (Å²) in [6.07, 6.45) is 6.43. The number of nitrogens with zero attached hydrogens (tertiary/aromatic N) is 7. The summed E-state index contributed by atoms with van der Waals surface area (Å²) in [5.74, 6) is 0.942. The van der Waals surface area contributed by atoms with Gasteiger partial charge in [0, 0.05) is 49.7 Å². The number of aromatic nitrogens is 4. The molecule has 9 rings (SSSR count). The second-order valence-electron chi connectivity index (χ2n) is 15.4. The lowest BCUT2D eigenvalue weighted by molar-refractivity contribution is -0.0730. The van der Waals surface area contributed by atoms with E-state index in [1.807, 2.05) is 16.8 Å². The van der Waals surface area contributed by atoms with Gasteiger partial charge in [0.05, 0.1) is 52.2 Å². The molecule has 2 aromatic heterocycles. The van der Waals surface area contributed by atoms with E-state index in [-0.39, 0.29) is 41.7 Å². The smallest absolute Gasteiger partial charge is 0.318 e. The average Bonchev–Trinajstić information content (AvgIpc) is 3.79. The third kappa shape index (κ3) is 5.82. The lowest BCUT2D eigenvalue weighted by Gasteiger charge is -2.37. The van der Waals surface area contributed by atoms with Crippen LogP contribution in [0.2, 0.25) is 10.0 Å². The zero-order valence-electron chi connectivity index (χ0n) is 28.9. The summed E-state index contributed by atoms with van der Waals surface area (Å²) < 4.78 is 39.3. The van der Waals surface area contributed by atoms with Crippen molar-refractivity contribution in [2.75, 3.05) is 55.7 Å². The largest absolute Gasteiger partial charge is 0.461 e. The number of sulfone groups is 1. The number of hydrogen-bond donors (Lipinski definition) is 0. The van der Waals surface area contributed by atoms with Gasteiger partial charge in [-0.3, -0.25) is 14.4 Å². The van der Waals surface area contributed by atoms with Crippen LogP contribution in [0.5, 0.6) is 6.01 Å². The van der Waals surface area contributed by atoms with E-state index in [4.69, 9.17) is 42.6 Å². The van der Waals surface area contributed by atoms with Crippen LogP contribution in [-0.2, 0) is 52.7 Å². The third-order valence-corrected chi connectivity index (χ3v) is 14.5. The van der Waals surface area contributed by atoms with Gasteiger partial charge in [0.2, 0.25) is 0 Å². The van der Waals surface area contributed by atoms with E-state index in [9.17, 15) is 13.2 Å². The number of ether oxygens (including phenoxy) is 2. The van der Waals surface area contributed by atoms with Gasteiger partial charge in [-0.05, 0) is 68.2 Å². The predicted octanol–water partition coefficient (Wildman–Crippen LogP) is 4.43. The molecule has 15 heteroatoms. The minimum atomic E-state index is -3.14. The lowest BCUT2D eigenvalue weighted by Crippen LogP contribution is -2.44. The highest BCUT2D eigenvalue weighted by Gasteiger charge is 2.49. The molecule has 3 saturated heterocycles. The third-order valence-electron chi connectivity index (χ3n) is 12.1. The number of hydrogen-bond acceptors (Lipinski definition) is 10. The number of amides is 1. The summed E-state index contributed by atoms with van der Waals surface area (Å²) in [6.45, 7) is 7.36. The summed E-state index contributed by atoms with van der Waals surface area (Å²) in [5.41, 5.74) is 4.55. The highest BCUT2D eigenvalue weighted by Crippen LogP contribution is 2.49. The lowest BCUT2D eigenvalue weighted by atomic mass is 9.87. The molecule has 5 aliphatic heterocycles. The van der Waals surface area contributed by atoms with Crippen LogP contribution in [0, 0.1) is 5.92 Å². The molecule has 1 aliphatic carbocycles. The summed E-state index contributed by atoms with van der Waals surface area (Å²) >= 11 is 13.6. The molecule has 0 radical (unpaired) electrons. The Morgan fingerprint density at radius 3 is 2.75 bits per heavy atom. The van der Waals surface area contributed by atoms with E-state index in [0.29, 0.717) is 56.2 Å². The Morgan fingerprint density at radius 2 is 1.90 bits per heavy atom. The molecule has 0 unspecified atom stereocenters. The van der Waals surface area contributed by atoms with Crippen molar-refractivity contribution in [2.45, 2.75) is 82.7 Å². The Kier molecular flexibility index (Phi) is 8.34. The van der Waals surface area contributed by atoms with E-state index in [2.05, 4.69) is 27.9 Å². The molecule has 1 amide bonds. The molecule has 7 heterocycles. The molecule has 272 valence electrons. The quantitative estimate of drug-likeness (QED) is 0.370. The minimum Gasteiger partial charge on any atom is -0.461 e. The van der Waals surface area contributed by atoms with Crippen LogP contribution in [0.15, 0.2) is 18.2 Å². The standard InChI is InChI=1S/C36H43Cl2N7O5S/c1-23-17-35(8-3-11-44(35)19-23)22-49-34-39-28-18-36(9-7-24-26(36)5-2-6-27(24)37)50-21-25(28)32(40-34)43-10-4-12-45-29(20-43)30(38)31(41-45)33(46)42-13-15-51(47,48)16-14-42/h2,5-6,23H,3-4,7-22H2,1H3/t23-,35+,36+/m1/s1. The number of halogens is 2. The summed E-state index contributed by atoms with van der Waals surface area (Å²) in [6, 6.07) is 6.46. The van der Waals surface area contributed by atoms with E-state index in [1.165, 1.54) is 11.3 Å². The van der Waals surface area contributed by atoms with Crippen molar-refractivity contribution in [3.8, 4) is 6.01 Å². The number of benzene rings is 1. The molecule has 12 nitrogen and oxygen atoms in total. The zero-order chi connectivity index (χ0) is 35.1. The number of fused-ring (bicyclic) bond motifs is 5. The van der Waals surface area contributed by atoms with Crippen molar-refractivity contribution in [1.82, 2.24) is 29.5 Å². The Balaban J connectivity index is 1.05. The van der Waals surface area contributed by atoms with Crippen molar-refractivity contribution < 1.29 is 22.7 Å². The molecule has 6 aliphatic rings. The van der Waals surface area contributed by atoms with E-state index >= 15 is 0 Å². The second kappa shape index (κ2) is 12.6. The first kappa shape index (κ1) is 33.8. The summed E-state index contributed by atoms with van der Waals surface area (Å²) in [7, 11) is -3.14. The number of carbonyl (C=O) groups excluding carboxylic acids is 1. The minimum absolute atomic E-state index is 0.0223. The highest BCUT2D eigenvalue weighted by molar-refractivity contribution is 7.91. The first-order valence-corrected chi connectivity index (χ1v) is 20.8. The number of aryl methyl sites for hydroxylation is 1. The number of anilines is 1. The fourth-order valence-corrected chi connectivity index (χ4v) is 11.3. The van der Waals surface area contributed by atoms with Gasteiger partial charge in [-0.1, -0.05) is 42.3 Å². The molecule has 51 heavy (non-hydrogen) atoms. The van der Waals surface area contributed by atoms with Crippen LogP contribution < -0.4 is 9.64 Å². The molecular formula is C36H43Cl2N7O5S. The summed E-state index contributed by atoms with van der Waals surface area (Å²) in [5, 5.41) is 5.73. The van der Waals surface area contributed by atoms with Crippen molar-refractivity contribution >= 4 is 44.8 Å². The number of rotatable bonds is 5. The highest BCUT2D eigenvalue weighted by atomic mass is 35.5. The van der Waals surface area contributed by atoms with Crippen LogP contribution in [0.3, 0.4) is 0 Å². The monoisotopic (exact) mass is 755 g/mol. The SMILES string of the molecule is C[C@H]1CN2CCC[C@@]2(COc2nc3c(c(N4CCCn5nc(C(=O)N6CCS(=O)(=O)CC6)c(Cl)c5C4)n2)CO[C@@]2(CCc4c(Cl)cccc42)C3)C1. The second-order valence-corrected chi connectivity index (χ2v) is 18.5. The molecule has 3 fully saturated rings. The van der Waals surface area contributed by atoms with Crippen LogP contribution in [0.1, 0.15) is 77.6 Å². The van der Waals surface area contributed by atoms with Crippen molar-refractivity contribution in [3.05, 3.63) is 62.0 Å². The van der Waals surface area contributed by atoms with Gasteiger partial charge in [-0.25, -0.2) is 8.42 Å². The van der Waals surface area contributed by atoms with Crippen LogP contribution in [0.4, 0.5) is 5.82 Å². The van der Waals surface area contributed by atoms with E-state index in [0.717, 1.165) is 84.1 Å². The first-order valence-electron chi connectivity index (χ1n) is 18.2. The summed E-state index contributed by atoms with van der Waals surface area (Å²) in [4.78, 5) is 30.1. The first-order chi connectivity index (χ1) is 24.5. The Labute approximate surface area is 308 Å². The van der Waals surface area contributed by atoms with Crippen molar-refractivity contribution in [3.63, 3.8) is 0 Å². The normalized spacial score (nSPS) is 28.3. The predicted molar refractivity (Wildman–Crippen MR) is 192 cm³/mol. The van der Waals surface area contributed by atoms with Gasteiger partial charge < -0.3 is 19.3 Å². The van der Waals surface area contributed by atoms with Gasteiger partial charge in [0.1, 0.15) is 12.4 Å². The fourth-order valence-electron chi connectivity index (χ4n) is 9.57. The van der Waals surface area contributed by atoms with Gasteiger partial charge in [-0.15, -0.1) is 0 Å². The topological polar surface area (TPSA) is 123 Å². The molecule has 3 atom stereocenters. The van der Waals surface area contributed by atoms with Gasteiger partial charge >= 0.3 is 6.01 Å². The molecule has 0 bridgehead atoms. The van der Waals surface area contributed by atoms with Gasteiger partial charge in [0.25, 0.3) is 5.91 Å². The average molecular weight is 757 g/mol. The van der Waals surface area contributed by atoms with Crippen LogP contribution >= 0.6 is 23.2 Å². The molecule has 1 spiro atoms. The Hall–Kier alpha value is -2.97. The molecular weight excluding hydrogens is 713 g/mol. The van der Waals surface area contributed by atoms with Gasteiger partial charge in [-0.2, -0.15) is 15.1 Å². The van der Waals surface area contributed by atoms with Crippen LogP contribution in [-0.4, -0.2) is 100 Å². The maximum Gasteiger partial charge on any atom is 0.318 e. The molecule has 3 aromatic rings. The van der Waals surface area contributed by atoms with Crippen molar-refractivity contribution in [1.29, 1.82) is 0 Å². The van der Waals surface area contributed by atoms with E-state index < -0.39 is 15.4 Å². The fraction of sp³-hybridized carbons (Fsp3) is 0.611. The zero-order valence-corrected chi connectivity index (χ0v) is 31.2. The molecule has 0 saturated carbocycles. The van der Waals surface area contributed by atoms with E-state index in [1.54, 1.807) is 0 Å². The van der Waals surface area contributed by atoms with Gasteiger partial charge in [0.15, 0.2) is 15.5 Å².